The Morgan fingerprint density at radius 1 is 1.39 bits per heavy atom. The summed E-state index contributed by atoms with van der Waals surface area (Å²) < 4.78 is 0. The van der Waals surface area contributed by atoms with Gasteiger partial charge in [0.15, 0.2) is 0 Å². The van der Waals surface area contributed by atoms with Crippen molar-refractivity contribution < 1.29 is 15.2 Å². The Morgan fingerprint density at radius 2 is 2.00 bits per heavy atom. The molecule has 5 nitrogen and oxygen atoms in total. The summed E-state index contributed by atoms with van der Waals surface area (Å²) >= 11 is 0. The van der Waals surface area contributed by atoms with Crippen LogP contribution in [0.3, 0.4) is 0 Å². The van der Waals surface area contributed by atoms with Crippen LogP contribution in [0.25, 0.3) is 0 Å². The van der Waals surface area contributed by atoms with Gasteiger partial charge in [-0.05, 0) is 24.5 Å². The van der Waals surface area contributed by atoms with Gasteiger partial charge in [0.25, 0.3) is 5.91 Å². The van der Waals surface area contributed by atoms with Crippen LogP contribution in [0.2, 0.25) is 0 Å². The molecular formula is C13H22N2O3. The molecule has 0 saturated carbocycles. The number of hydrogen-bond donors (Lipinski definition) is 3. The van der Waals surface area contributed by atoms with Crippen LogP contribution in [0.5, 0.6) is 0 Å². The molecule has 0 aromatic heterocycles. The summed E-state index contributed by atoms with van der Waals surface area (Å²) in [5.74, 6) is -0.541. The number of carbonyl (C=O) groups excluding carboxylic acids is 1. The highest BCUT2D eigenvalue weighted by molar-refractivity contribution is 5.92. The van der Waals surface area contributed by atoms with Gasteiger partial charge in [-0.15, -0.1) is 0 Å². The van der Waals surface area contributed by atoms with Crippen LogP contribution in [0.1, 0.15) is 27.2 Å². The fourth-order valence-electron chi connectivity index (χ4n) is 1.44. The smallest absolute Gasteiger partial charge is 0.270 e. The summed E-state index contributed by atoms with van der Waals surface area (Å²) in [5, 5.41) is 19.2. The summed E-state index contributed by atoms with van der Waals surface area (Å²) in [5.41, 5.74) is 3.74. The zero-order valence-electron chi connectivity index (χ0n) is 11.2. The molecule has 0 spiro atoms. The normalized spacial score (nSPS) is 13.3. The molecule has 0 atom stereocenters. The van der Waals surface area contributed by atoms with Crippen LogP contribution < -0.4 is 5.48 Å². The second-order valence-corrected chi connectivity index (χ2v) is 3.86. The fraction of sp³-hybridized carbons (Fsp3) is 0.462. The monoisotopic (exact) mass is 254 g/mol. The number of nitrogens with one attached hydrogen (secondary N) is 1. The standard InChI is InChI=1S/C13H22N2O3/c1-5-11(8-10(4)13(16)14-17)12(6-2)9-15(18)7-3/h6,8,17-18H,2,5,7,9H2,1,3-4H3,(H,14,16)/b10-8+,12-11+. The van der Waals surface area contributed by atoms with Gasteiger partial charge in [0.05, 0.1) is 0 Å². The topological polar surface area (TPSA) is 72.8 Å². The number of hydroxylamine groups is 3. The Kier molecular flexibility index (Phi) is 7.94. The van der Waals surface area contributed by atoms with Crippen LogP contribution in [0, 0.1) is 0 Å². The van der Waals surface area contributed by atoms with Crippen molar-refractivity contribution in [3.05, 3.63) is 35.5 Å². The first-order valence-corrected chi connectivity index (χ1v) is 5.91. The SMILES string of the molecule is C=C/C(CN(O)CC)=C(\C=C(/C)C(=O)NO)CC. The summed E-state index contributed by atoms with van der Waals surface area (Å²) in [6.07, 6.45) is 4.05. The molecule has 5 heteroatoms. The molecule has 18 heavy (non-hydrogen) atoms. The number of rotatable bonds is 7. The molecule has 0 aliphatic carbocycles. The van der Waals surface area contributed by atoms with Gasteiger partial charge in [0, 0.05) is 18.7 Å². The second-order valence-electron chi connectivity index (χ2n) is 3.86. The van der Waals surface area contributed by atoms with Gasteiger partial charge in [0.2, 0.25) is 0 Å². The maximum atomic E-state index is 11.2. The van der Waals surface area contributed by atoms with Crippen molar-refractivity contribution in [3.63, 3.8) is 0 Å². The highest BCUT2D eigenvalue weighted by Crippen LogP contribution is 2.15. The molecule has 0 aliphatic heterocycles. The predicted octanol–water partition coefficient (Wildman–Crippen LogP) is 2.04. The molecule has 0 rings (SSSR count). The molecule has 0 aliphatic rings. The van der Waals surface area contributed by atoms with Crippen LogP contribution in [-0.4, -0.2) is 34.5 Å². The van der Waals surface area contributed by atoms with Crippen molar-refractivity contribution in [3.8, 4) is 0 Å². The largest absolute Gasteiger partial charge is 0.314 e. The van der Waals surface area contributed by atoms with Crippen LogP contribution in [0.4, 0.5) is 0 Å². The minimum atomic E-state index is -0.541. The quantitative estimate of drug-likeness (QED) is 0.281. The van der Waals surface area contributed by atoms with Gasteiger partial charge >= 0.3 is 0 Å². The van der Waals surface area contributed by atoms with Crippen molar-refractivity contribution in [2.75, 3.05) is 13.1 Å². The lowest BCUT2D eigenvalue weighted by Crippen LogP contribution is -2.22. The van der Waals surface area contributed by atoms with E-state index in [1.54, 1.807) is 24.6 Å². The van der Waals surface area contributed by atoms with E-state index in [0.717, 1.165) is 11.1 Å². The average Bonchev–Trinajstić information content (AvgIpc) is 2.40. The first kappa shape index (κ1) is 16.6. The Bertz CT molecular complexity index is 359. The Hall–Kier alpha value is -1.43. The summed E-state index contributed by atoms with van der Waals surface area (Å²) in [6.45, 7) is 9.98. The van der Waals surface area contributed by atoms with Gasteiger partial charge < -0.3 is 5.21 Å². The van der Waals surface area contributed by atoms with Crippen molar-refractivity contribution >= 4 is 5.91 Å². The summed E-state index contributed by atoms with van der Waals surface area (Å²) in [4.78, 5) is 11.2. The molecule has 0 aromatic carbocycles. The second kappa shape index (κ2) is 8.63. The first-order valence-electron chi connectivity index (χ1n) is 5.91. The molecule has 0 saturated heterocycles. The van der Waals surface area contributed by atoms with E-state index in [9.17, 15) is 10.0 Å². The van der Waals surface area contributed by atoms with E-state index in [-0.39, 0.29) is 0 Å². The fourth-order valence-corrected chi connectivity index (χ4v) is 1.44. The number of allylic oxidation sites excluding steroid dienone is 2. The highest BCUT2D eigenvalue weighted by atomic mass is 16.5. The van der Waals surface area contributed by atoms with Crippen molar-refractivity contribution in [2.45, 2.75) is 27.2 Å². The zero-order chi connectivity index (χ0) is 14.1. The molecule has 0 aromatic rings. The van der Waals surface area contributed by atoms with E-state index in [4.69, 9.17) is 5.21 Å². The minimum absolute atomic E-state index is 0.355. The number of carbonyl (C=O) groups is 1. The lowest BCUT2D eigenvalue weighted by Gasteiger charge is -2.15. The van der Waals surface area contributed by atoms with Crippen LogP contribution in [-0.2, 0) is 4.79 Å². The lowest BCUT2D eigenvalue weighted by atomic mass is 10.0. The van der Waals surface area contributed by atoms with E-state index >= 15 is 0 Å². The molecule has 1 amide bonds. The predicted molar refractivity (Wildman–Crippen MR) is 70.2 cm³/mol. The van der Waals surface area contributed by atoms with Gasteiger partial charge in [-0.1, -0.05) is 32.6 Å². The third-order valence-corrected chi connectivity index (χ3v) is 2.61. The Morgan fingerprint density at radius 3 is 2.39 bits per heavy atom. The average molecular weight is 254 g/mol. The summed E-state index contributed by atoms with van der Waals surface area (Å²) in [6, 6.07) is 0. The number of likely N-dealkylation sites (N-methyl/N-ethyl adjacent to an activating group) is 1. The van der Waals surface area contributed by atoms with E-state index in [1.165, 1.54) is 5.06 Å². The van der Waals surface area contributed by atoms with E-state index in [0.29, 0.717) is 25.1 Å². The van der Waals surface area contributed by atoms with Crippen molar-refractivity contribution in [1.82, 2.24) is 10.5 Å². The van der Waals surface area contributed by atoms with Crippen LogP contribution >= 0.6 is 0 Å². The third-order valence-electron chi connectivity index (χ3n) is 2.61. The number of nitrogens with zero attached hydrogens (tertiary/aromatic N) is 1. The Balaban J connectivity index is 5.21. The van der Waals surface area contributed by atoms with Gasteiger partial charge in [-0.2, -0.15) is 5.06 Å². The molecule has 0 unspecified atom stereocenters. The molecule has 0 radical (unpaired) electrons. The molecule has 102 valence electrons. The van der Waals surface area contributed by atoms with E-state index < -0.39 is 5.91 Å². The van der Waals surface area contributed by atoms with Crippen LogP contribution in [0.15, 0.2) is 35.5 Å². The maximum Gasteiger partial charge on any atom is 0.270 e. The zero-order valence-corrected chi connectivity index (χ0v) is 11.2. The van der Waals surface area contributed by atoms with Gasteiger partial charge in [0.1, 0.15) is 0 Å². The Labute approximate surface area is 108 Å². The van der Waals surface area contributed by atoms with Gasteiger partial charge in [-0.3, -0.25) is 10.0 Å². The van der Waals surface area contributed by atoms with Gasteiger partial charge in [-0.25, -0.2) is 5.48 Å². The first-order chi connectivity index (χ1) is 8.49. The molecule has 0 fully saturated rings. The lowest BCUT2D eigenvalue weighted by molar-refractivity contribution is -0.125. The molecule has 3 N–H and O–H groups in total. The van der Waals surface area contributed by atoms with Crippen molar-refractivity contribution in [2.24, 2.45) is 0 Å². The van der Waals surface area contributed by atoms with E-state index in [1.807, 2.05) is 13.8 Å². The summed E-state index contributed by atoms with van der Waals surface area (Å²) in [7, 11) is 0. The molecule has 0 heterocycles. The molecule has 0 bridgehead atoms. The number of amides is 1. The van der Waals surface area contributed by atoms with E-state index in [2.05, 4.69) is 6.58 Å². The maximum absolute atomic E-state index is 11.2. The highest BCUT2D eigenvalue weighted by Gasteiger charge is 2.07. The van der Waals surface area contributed by atoms with Crippen molar-refractivity contribution in [1.29, 1.82) is 0 Å². The molecular weight excluding hydrogens is 232 g/mol. The third kappa shape index (κ3) is 5.27. The number of hydrogen-bond acceptors (Lipinski definition) is 4. The minimum Gasteiger partial charge on any atom is -0.314 e.